The SMILES string of the molecule is COc1ccc2cc(C(c3nnnn3C3CCCC3)N3CCCC4(CCCCC4)C3)c(=O)[nH]c2c1. The van der Waals surface area contributed by atoms with E-state index in [1.54, 1.807) is 7.11 Å². The molecule has 1 unspecified atom stereocenters. The van der Waals surface area contributed by atoms with Crippen LogP contribution in [0.4, 0.5) is 0 Å². The molecule has 3 aliphatic rings. The lowest BCUT2D eigenvalue weighted by molar-refractivity contribution is 0.0335. The number of aromatic amines is 1. The number of hydrogen-bond donors (Lipinski definition) is 1. The fraction of sp³-hybridized carbons (Fsp3) is 0.630. The van der Waals surface area contributed by atoms with Crippen LogP contribution in [0.15, 0.2) is 29.1 Å². The summed E-state index contributed by atoms with van der Waals surface area (Å²) >= 11 is 0. The van der Waals surface area contributed by atoms with Crippen LogP contribution in [0, 0.1) is 5.41 Å². The summed E-state index contributed by atoms with van der Waals surface area (Å²) in [7, 11) is 1.64. The second-order valence-electron chi connectivity index (χ2n) is 11.0. The number of methoxy groups -OCH3 is 1. The van der Waals surface area contributed by atoms with E-state index >= 15 is 0 Å². The number of tetrazole rings is 1. The van der Waals surface area contributed by atoms with Gasteiger partial charge in [0.15, 0.2) is 5.82 Å². The average Bonchev–Trinajstić information content (AvgIpc) is 3.57. The number of nitrogens with zero attached hydrogens (tertiary/aromatic N) is 5. The quantitative estimate of drug-likeness (QED) is 0.570. The van der Waals surface area contributed by atoms with E-state index in [1.807, 2.05) is 28.9 Å². The van der Waals surface area contributed by atoms with Crippen molar-refractivity contribution in [2.45, 2.75) is 82.7 Å². The standard InChI is InChI=1S/C27H36N6O2/c1-35-21-11-10-19-16-22(26(34)28-23(19)17-21)24(25-29-30-31-33(25)20-8-3-4-9-20)32-15-7-14-27(18-32)12-5-2-6-13-27/h10-11,16-17,20,24H,2-9,12-15,18H2,1H3,(H,28,34). The van der Waals surface area contributed by atoms with Gasteiger partial charge in [0.05, 0.1) is 18.7 Å². The van der Waals surface area contributed by atoms with E-state index in [2.05, 4.69) is 25.4 Å². The number of piperidine rings is 1. The van der Waals surface area contributed by atoms with Gasteiger partial charge in [-0.1, -0.05) is 32.1 Å². The third-order valence-corrected chi connectivity index (χ3v) is 8.78. The zero-order chi connectivity index (χ0) is 23.8. The number of hydrogen-bond acceptors (Lipinski definition) is 6. The van der Waals surface area contributed by atoms with Gasteiger partial charge < -0.3 is 9.72 Å². The lowest BCUT2D eigenvalue weighted by Gasteiger charge is -2.47. The van der Waals surface area contributed by atoms with Crippen molar-refractivity contribution in [2.24, 2.45) is 5.41 Å². The van der Waals surface area contributed by atoms with Gasteiger partial charge in [-0.05, 0) is 84.5 Å². The molecule has 0 radical (unpaired) electrons. The molecular formula is C27H36N6O2. The molecule has 3 heterocycles. The van der Waals surface area contributed by atoms with Crippen LogP contribution in [0.2, 0.25) is 0 Å². The Kier molecular flexibility index (Phi) is 6.08. The molecule has 186 valence electrons. The highest BCUT2D eigenvalue weighted by Gasteiger charge is 2.41. The van der Waals surface area contributed by atoms with Crippen molar-refractivity contribution in [1.29, 1.82) is 0 Å². The minimum absolute atomic E-state index is 0.0695. The Morgan fingerprint density at radius 1 is 1.06 bits per heavy atom. The topological polar surface area (TPSA) is 88.9 Å². The molecule has 6 rings (SSSR count). The smallest absolute Gasteiger partial charge is 0.253 e. The fourth-order valence-electron chi connectivity index (χ4n) is 6.99. The minimum Gasteiger partial charge on any atom is -0.497 e. The summed E-state index contributed by atoms with van der Waals surface area (Å²) in [6.45, 7) is 1.97. The highest BCUT2D eigenvalue weighted by molar-refractivity contribution is 5.80. The van der Waals surface area contributed by atoms with Crippen LogP contribution in [0.25, 0.3) is 10.9 Å². The Balaban J connectivity index is 1.46. The van der Waals surface area contributed by atoms with E-state index in [-0.39, 0.29) is 11.6 Å². The van der Waals surface area contributed by atoms with Gasteiger partial charge in [0.2, 0.25) is 0 Å². The van der Waals surface area contributed by atoms with Gasteiger partial charge >= 0.3 is 0 Å². The molecule has 0 amide bonds. The lowest BCUT2D eigenvalue weighted by Crippen LogP contribution is -2.47. The van der Waals surface area contributed by atoms with Gasteiger partial charge in [-0.25, -0.2) is 4.68 Å². The second-order valence-corrected chi connectivity index (χ2v) is 11.0. The third-order valence-electron chi connectivity index (χ3n) is 8.78. The maximum absolute atomic E-state index is 13.6. The monoisotopic (exact) mass is 476 g/mol. The Labute approximate surface area is 206 Å². The van der Waals surface area contributed by atoms with Crippen molar-refractivity contribution in [3.05, 3.63) is 46.0 Å². The molecule has 1 aliphatic heterocycles. The van der Waals surface area contributed by atoms with Gasteiger partial charge in [-0.15, -0.1) is 5.10 Å². The molecule has 0 bridgehead atoms. The number of pyridine rings is 1. The van der Waals surface area contributed by atoms with Gasteiger partial charge in [0.1, 0.15) is 11.8 Å². The molecule has 35 heavy (non-hydrogen) atoms. The van der Waals surface area contributed by atoms with Crippen molar-refractivity contribution in [3.8, 4) is 5.75 Å². The summed E-state index contributed by atoms with van der Waals surface area (Å²) in [6, 6.07) is 7.97. The van der Waals surface area contributed by atoms with Crippen molar-refractivity contribution in [3.63, 3.8) is 0 Å². The summed E-state index contributed by atoms with van der Waals surface area (Å²) in [5, 5.41) is 14.2. The molecule has 1 atom stereocenters. The van der Waals surface area contributed by atoms with Crippen molar-refractivity contribution in [2.75, 3.05) is 20.2 Å². The number of rotatable bonds is 5. The van der Waals surface area contributed by atoms with E-state index in [9.17, 15) is 4.79 Å². The average molecular weight is 477 g/mol. The van der Waals surface area contributed by atoms with Gasteiger partial charge in [-0.3, -0.25) is 9.69 Å². The highest BCUT2D eigenvalue weighted by Crippen LogP contribution is 2.46. The van der Waals surface area contributed by atoms with Crippen LogP contribution in [0.5, 0.6) is 5.75 Å². The van der Waals surface area contributed by atoms with Crippen molar-refractivity contribution in [1.82, 2.24) is 30.1 Å². The van der Waals surface area contributed by atoms with Gasteiger partial charge in [0, 0.05) is 18.2 Å². The molecule has 2 saturated carbocycles. The molecule has 8 nitrogen and oxygen atoms in total. The number of ether oxygens (including phenoxy) is 1. The third kappa shape index (κ3) is 4.26. The van der Waals surface area contributed by atoms with E-state index < -0.39 is 0 Å². The summed E-state index contributed by atoms with van der Waals surface area (Å²) < 4.78 is 7.41. The molecule has 3 fully saturated rings. The number of H-pyrrole nitrogens is 1. The predicted octanol–water partition coefficient (Wildman–Crippen LogP) is 4.77. The maximum atomic E-state index is 13.6. The van der Waals surface area contributed by atoms with Crippen molar-refractivity contribution >= 4 is 10.9 Å². The largest absolute Gasteiger partial charge is 0.497 e. The summed E-state index contributed by atoms with van der Waals surface area (Å²) in [5.74, 6) is 1.56. The fourth-order valence-corrected chi connectivity index (χ4v) is 6.99. The molecule has 1 N–H and O–H groups in total. The Hall–Kier alpha value is -2.74. The van der Waals surface area contributed by atoms with Crippen LogP contribution >= 0.6 is 0 Å². The van der Waals surface area contributed by atoms with E-state index in [1.165, 1.54) is 51.4 Å². The van der Waals surface area contributed by atoms with E-state index in [0.717, 1.165) is 60.4 Å². The number of nitrogens with one attached hydrogen (secondary N) is 1. The van der Waals surface area contributed by atoms with Crippen LogP contribution < -0.4 is 10.3 Å². The van der Waals surface area contributed by atoms with Crippen LogP contribution in [0.3, 0.4) is 0 Å². The summed E-state index contributed by atoms with van der Waals surface area (Å²) in [5.41, 5.74) is 1.82. The van der Waals surface area contributed by atoms with E-state index in [0.29, 0.717) is 11.5 Å². The predicted molar refractivity (Wildman–Crippen MR) is 135 cm³/mol. The first-order valence-electron chi connectivity index (χ1n) is 13.4. The lowest BCUT2D eigenvalue weighted by atomic mass is 9.69. The zero-order valence-corrected chi connectivity index (χ0v) is 20.7. The molecule has 1 aromatic carbocycles. The van der Waals surface area contributed by atoms with Crippen LogP contribution in [-0.4, -0.2) is 50.3 Å². The molecule has 8 heteroatoms. The van der Waals surface area contributed by atoms with Gasteiger partial charge in [-0.2, -0.15) is 0 Å². The first-order valence-corrected chi connectivity index (χ1v) is 13.4. The van der Waals surface area contributed by atoms with Crippen LogP contribution in [0.1, 0.15) is 94.1 Å². The number of likely N-dealkylation sites (tertiary alicyclic amines) is 1. The first kappa shape index (κ1) is 22.7. The second kappa shape index (κ2) is 9.37. The van der Waals surface area contributed by atoms with Crippen LogP contribution in [-0.2, 0) is 0 Å². The molecule has 1 spiro atoms. The summed E-state index contributed by atoms with van der Waals surface area (Å²) in [6.07, 6.45) is 13.6. The van der Waals surface area contributed by atoms with Gasteiger partial charge in [0.25, 0.3) is 5.56 Å². The van der Waals surface area contributed by atoms with Crippen molar-refractivity contribution < 1.29 is 4.74 Å². The molecule has 1 saturated heterocycles. The minimum atomic E-state index is -0.250. The maximum Gasteiger partial charge on any atom is 0.253 e. The Morgan fingerprint density at radius 2 is 1.86 bits per heavy atom. The number of benzene rings is 1. The molecule has 3 aromatic rings. The summed E-state index contributed by atoms with van der Waals surface area (Å²) in [4.78, 5) is 19.3. The number of aromatic nitrogens is 5. The molecule has 2 aliphatic carbocycles. The Bertz CT molecular complexity index is 1230. The van der Waals surface area contributed by atoms with E-state index in [4.69, 9.17) is 4.74 Å². The zero-order valence-electron chi connectivity index (χ0n) is 20.7. The first-order chi connectivity index (χ1) is 17.2. The Morgan fingerprint density at radius 3 is 2.66 bits per heavy atom. The molecule has 2 aromatic heterocycles. The number of fused-ring (bicyclic) bond motifs is 1. The molecular weight excluding hydrogens is 440 g/mol. The normalized spacial score (nSPS) is 22.1. The highest BCUT2D eigenvalue weighted by atomic mass is 16.5.